The zero-order chi connectivity index (χ0) is 19.8. The highest BCUT2D eigenvalue weighted by molar-refractivity contribution is 5.77. The molecule has 3 rings (SSSR count). The molecule has 0 radical (unpaired) electrons. The number of hydrogen-bond donors (Lipinski definition) is 2. The Bertz CT molecular complexity index is 868. The molecule has 1 aromatic carbocycles. The third-order valence-corrected chi connectivity index (χ3v) is 3.99. The van der Waals surface area contributed by atoms with Gasteiger partial charge in [0, 0.05) is 32.4 Å². The highest BCUT2D eigenvalue weighted by atomic mass is 19.1. The zero-order valence-electron chi connectivity index (χ0n) is 15.4. The van der Waals surface area contributed by atoms with Gasteiger partial charge >= 0.3 is 0 Å². The summed E-state index contributed by atoms with van der Waals surface area (Å²) < 4.78 is 18.3. The van der Waals surface area contributed by atoms with Crippen LogP contribution in [0, 0.1) is 5.82 Å². The van der Waals surface area contributed by atoms with Gasteiger partial charge in [-0.05, 0) is 35.7 Å². The van der Waals surface area contributed by atoms with Gasteiger partial charge in [0.25, 0.3) is 5.91 Å². The molecule has 28 heavy (non-hydrogen) atoms. The van der Waals surface area contributed by atoms with Gasteiger partial charge in [-0.3, -0.25) is 9.89 Å². The first-order chi connectivity index (χ1) is 13.6. The van der Waals surface area contributed by atoms with Gasteiger partial charge in [0.2, 0.25) is 5.88 Å². The molecule has 0 atom stereocenters. The van der Waals surface area contributed by atoms with E-state index in [1.54, 1.807) is 36.7 Å². The second kappa shape index (κ2) is 9.45. The van der Waals surface area contributed by atoms with Crippen molar-refractivity contribution in [3.63, 3.8) is 0 Å². The maximum atomic E-state index is 13.0. The van der Waals surface area contributed by atoms with Crippen molar-refractivity contribution in [2.75, 3.05) is 25.1 Å². The quantitative estimate of drug-likeness (QED) is 0.583. The van der Waals surface area contributed by atoms with Crippen LogP contribution in [0.1, 0.15) is 11.1 Å². The van der Waals surface area contributed by atoms with E-state index in [9.17, 15) is 9.18 Å². The van der Waals surface area contributed by atoms with Gasteiger partial charge in [-0.15, -0.1) is 10.2 Å². The molecule has 2 heterocycles. The third-order valence-electron chi connectivity index (χ3n) is 3.99. The lowest BCUT2D eigenvalue weighted by molar-refractivity contribution is -0.123. The van der Waals surface area contributed by atoms with E-state index in [1.165, 1.54) is 12.1 Å². The molecule has 0 bridgehead atoms. The Kier molecular flexibility index (Phi) is 6.50. The molecule has 8 nitrogen and oxygen atoms in total. The third kappa shape index (κ3) is 5.76. The molecule has 3 aromatic rings. The number of nitrogens with one attached hydrogen (secondary N) is 2. The first-order valence-corrected chi connectivity index (χ1v) is 8.76. The topological polar surface area (TPSA) is 96.0 Å². The number of carbonyl (C=O) groups is 1. The van der Waals surface area contributed by atoms with Crippen molar-refractivity contribution in [2.24, 2.45) is 0 Å². The zero-order valence-corrected chi connectivity index (χ0v) is 15.4. The van der Waals surface area contributed by atoms with Gasteiger partial charge in [-0.1, -0.05) is 12.1 Å². The second-order valence-electron chi connectivity index (χ2n) is 6.21. The molecule has 9 heteroatoms. The molecule has 0 unspecified atom stereocenters. The summed E-state index contributed by atoms with van der Waals surface area (Å²) in [5.41, 5.74) is 1.98. The fraction of sp³-hybridized carbons (Fsp3) is 0.263. The number of ether oxygens (including phenoxy) is 1. The summed E-state index contributed by atoms with van der Waals surface area (Å²) in [6.45, 7) is 0.930. The summed E-state index contributed by atoms with van der Waals surface area (Å²) in [7, 11) is 1.86. The number of H-pyrrole nitrogens is 1. The summed E-state index contributed by atoms with van der Waals surface area (Å²) in [5, 5.41) is 17.4. The van der Waals surface area contributed by atoms with Gasteiger partial charge in [0.05, 0.1) is 6.20 Å². The molecule has 0 saturated heterocycles. The summed E-state index contributed by atoms with van der Waals surface area (Å²) in [4.78, 5) is 13.7. The fourth-order valence-corrected chi connectivity index (χ4v) is 2.49. The largest absolute Gasteiger partial charge is 0.466 e. The number of hydrogen-bond acceptors (Lipinski definition) is 6. The normalized spacial score (nSPS) is 10.5. The molecule has 146 valence electrons. The van der Waals surface area contributed by atoms with Crippen molar-refractivity contribution >= 4 is 11.7 Å². The smallest absolute Gasteiger partial charge is 0.258 e. The minimum atomic E-state index is -0.266. The fourth-order valence-electron chi connectivity index (χ4n) is 2.49. The Morgan fingerprint density at radius 3 is 2.68 bits per heavy atom. The van der Waals surface area contributed by atoms with Gasteiger partial charge in [0.15, 0.2) is 12.4 Å². The van der Waals surface area contributed by atoms with Crippen molar-refractivity contribution in [2.45, 2.75) is 13.0 Å². The van der Waals surface area contributed by atoms with Gasteiger partial charge < -0.3 is 15.0 Å². The van der Waals surface area contributed by atoms with E-state index < -0.39 is 0 Å². The van der Waals surface area contributed by atoms with Crippen LogP contribution in [0.25, 0.3) is 0 Å². The lowest BCUT2D eigenvalue weighted by Crippen LogP contribution is -2.30. The molecular weight excluding hydrogens is 363 g/mol. The van der Waals surface area contributed by atoms with Crippen LogP contribution in [-0.2, 0) is 17.8 Å². The molecule has 1 amide bonds. The van der Waals surface area contributed by atoms with Gasteiger partial charge in [0.1, 0.15) is 5.82 Å². The number of aromatic amines is 1. The van der Waals surface area contributed by atoms with Gasteiger partial charge in [-0.25, -0.2) is 4.39 Å². The standard InChI is InChI=1S/C19H21FN6O2/c1-26(12-14-2-4-16(20)5-3-14)17-6-7-19(25-24-17)28-13-18(27)21-9-8-15-10-22-23-11-15/h2-7,10-11H,8-9,12-13H2,1H3,(H,21,27)(H,22,23). The monoisotopic (exact) mass is 384 g/mol. The molecule has 0 spiro atoms. The van der Waals surface area contributed by atoms with Crippen molar-refractivity contribution < 1.29 is 13.9 Å². The Morgan fingerprint density at radius 1 is 1.18 bits per heavy atom. The number of nitrogens with zero attached hydrogens (tertiary/aromatic N) is 4. The van der Waals surface area contributed by atoms with E-state index >= 15 is 0 Å². The number of anilines is 1. The van der Waals surface area contributed by atoms with Crippen molar-refractivity contribution in [3.05, 3.63) is 65.7 Å². The highest BCUT2D eigenvalue weighted by Crippen LogP contribution is 2.14. The number of halogens is 1. The number of carbonyl (C=O) groups excluding carboxylic acids is 1. The maximum absolute atomic E-state index is 13.0. The van der Waals surface area contributed by atoms with Crippen LogP contribution in [0.3, 0.4) is 0 Å². The Labute approximate surface area is 161 Å². The van der Waals surface area contributed by atoms with E-state index in [0.717, 1.165) is 11.1 Å². The summed E-state index contributed by atoms with van der Waals surface area (Å²) in [6, 6.07) is 9.70. The minimum Gasteiger partial charge on any atom is -0.466 e. The molecule has 2 N–H and O–H groups in total. The molecule has 2 aromatic heterocycles. The van der Waals surface area contributed by atoms with E-state index in [1.807, 2.05) is 11.9 Å². The summed E-state index contributed by atoms with van der Waals surface area (Å²) in [6.07, 6.45) is 4.19. The Hall–Kier alpha value is -3.49. The molecule has 0 aliphatic heterocycles. The number of benzene rings is 1. The summed E-state index contributed by atoms with van der Waals surface area (Å²) in [5.74, 6) is 0.408. The van der Waals surface area contributed by atoms with E-state index in [-0.39, 0.29) is 24.2 Å². The van der Waals surface area contributed by atoms with Crippen LogP contribution in [-0.4, -0.2) is 46.5 Å². The van der Waals surface area contributed by atoms with E-state index in [2.05, 4.69) is 25.7 Å². The lowest BCUT2D eigenvalue weighted by atomic mass is 10.2. The lowest BCUT2D eigenvalue weighted by Gasteiger charge is -2.17. The molecule has 0 saturated carbocycles. The van der Waals surface area contributed by atoms with Crippen LogP contribution in [0.15, 0.2) is 48.8 Å². The van der Waals surface area contributed by atoms with Crippen LogP contribution in [0.2, 0.25) is 0 Å². The first kappa shape index (κ1) is 19.3. The number of aromatic nitrogens is 4. The summed E-state index contributed by atoms with van der Waals surface area (Å²) >= 11 is 0. The Morgan fingerprint density at radius 2 is 2.00 bits per heavy atom. The van der Waals surface area contributed by atoms with Crippen LogP contribution in [0.4, 0.5) is 10.2 Å². The minimum absolute atomic E-state index is 0.134. The number of rotatable bonds is 9. The molecule has 0 aliphatic carbocycles. The van der Waals surface area contributed by atoms with Crippen LogP contribution < -0.4 is 15.0 Å². The van der Waals surface area contributed by atoms with Crippen molar-refractivity contribution in [3.8, 4) is 5.88 Å². The number of amides is 1. The molecular formula is C19H21FN6O2. The van der Waals surface area contributed by atoms with E-state index in [4.69, 9.17) is 4.74 Å². The van der Waals surface area contributed by atoms with Crippen molar-refractivity contribution in [1.82, 2.24) is 25.7 Å². The predicted octanol–water partition coefficient (Wildman–Crippen LogP) is 1.71. The molecule has 0 fully saturated rings. The maximum Gasteiger partial charge on any atom is 0.258 e. The highest BCUT2D eigenvalue weighted by Gasteiger charge is 2.07. The van der Waals surface area contributed by atoms with Crippen LogP contribution in [0.5, 0.6) is 5.88 Å². The SMILES string of the molecule is CN(Cc1ccc(F)cc1)c1ccc(OCC(=O)NCCc2cn[nH]c2)nn1. The second-order valence-corrected chi connectivity index (χ2v) is 6.21. The van der Waals surface area contributed by atoms with Gasteiger partial charge in [-0.2, -0.15) is 5.10 Å². The first-order valence-electron chi connectivity index (χ1n) is 8.76. The van der Waals surface area contributed by atoms with Crippen molar-refractivity contribution in [1.29, 1.82) is 0 Å². The molecule has 0 aliphatic rings. The van der Waals surface area contributed by atoms with Crippen LogP contribution >= 0.6 is 0 Å². The predicted molar refractivity (Wildman–Crippen MR) is 101 cm³/mol. The average Bonchev–Trinajstić information content (AvgIpc) is 3.22. The Balaban J connectivity index is 1.42. The van der Waals surface area contributed by atoms with E-state index in [0.29, 0.717) is 25.3 Å². The average molecular weight is 384 g/mol.